The normalized spacial score (nSPS) is 29.4. The highest BCUT2D eigenvalue weighted by atomic mass is 19.4. The van der Waals surface area contributed by atoms with E-state index in [4.69, 9.17) is 0 Å². The highest BCUT2D eigenvalue weighted by Gasteiger charge is 2.29. The van der Waals surface area contributed by atoms with E-state index in [0.29, 0.717) is 18.6 Å². The standard InChI is InChI=1S/C9H17F3N2O/c1-7-5-14(6-8(2)13-7)3-4-15-9(10,11)12/h7-8,13H,3-6H2,1-2H3. The van der Waals surface area contributed by atoms with Crippen molar-refractivity contribution in [2.75, 3.05) is 26.2 Å². The first-order chi connectivity index (χ1) is 6.87. The zero-order valence-electron chi connectivity index (χ0n) is 8.97. The van der Waals surface area contributed by atoms with E-state index in [1.807, 2.05) is 18.7 Å². The summed E-state index contributed by atoms with van der Waals surface area (Å²) < 4.78 is 38.9. The maximum Gasteiger partial charge on any atom is 0.522 e. The molecule has 2 atom stereocenters. The van der Waals surface area contributed by atoms with Crippen LogP contribution in [-0.4, -0.2) is 49.6 Å². The molecule has 0 aliphatic carbocycles. The van der Waals surface area contributed by atoms with E-state index >= 15 is 0 Å². The Labute approximate surface area is 87.6 Å². The molecule has 90 valence electrons. The first-order valence-electron chi connectivity index (χ1n) is 5.06. The summed E-state index contributed by atoms with van der Waals surface area (Å²) in [6, 6.07) is 0.638. The average Bonchev–Trinajstić information content (AvgIpc) is 1.99. The van der Waals surface area contributed by atoms with Gasteiger partial charge in [0.25, 0.3) is 0 Å². The van der Waals surface area contributed by atoms with E-state index < -0.39 is 6.36 Å². The molecule has 6 heteroatoms. The molecule has 15 heavy (non-hydrogen) atoms. The summed E-state index contributed by atoms with van der Waals surface area (Å²) in [5.74, 6) is 0. The Morgan fingerprint density at radius 2 is 1.80 bits per heavy atom. The van der Waals surface area contributed by atoms with E-state index in [1.54, 1.807) is 0 Å². The van der Waals surface area contributed by atoms with Crippen molar-refractivity contribution in [2.45, 2.75) is 32.3 Å². The molecule has 1 N–H and O–H groups in total. The van der Waals surface area contributed by atoms with Crippen LogP contribution in [0, 0.1) is 0 Å². The van der Waals surface area contributed by atoms with Gasteiger partial charge in [-0.15, -0.1) is 13.2 Å². The van der Waals surface area contributed by atoms with Crippen LogP contribution < -0.4 is 5.32 Å². The van der Waals surface area contributed by atoms with E-state index in [9.17, 15) is 13.2 Å². The van der Waals surface area contributed by atoms with Gasteiger partial charge in [0.1, 0.15) is 0 Å². The van der Waals surface area contributed by atoms with E-state index in [1.165, 1.54) is 0 Å². The smallest absolute Gasteiger partial charge is 0.309 e. The Morgan fingerprint density at radius 3 is 2.27 bits per heavy atom. The molecule has 1 heterocycles. The van der Waals surface area contributed by atoms with Gasteiger partial charge in [-0.2, -0.15) is 0 Å². The third kappa shape index (κ3) is 5.34. The van der Waals surface area contributed by atoms with Gasteiger partial charge in [0, 0.05) is 31.7 Å². The first-order valence-corrected chi connectivity index (χ1v) is 5.06. The molecule has 1 saturated heterocycles. The number of hydrogen-bond donors (Lipinski definition) is 1. The van der Waals surface area contributed by atoms with E-state index in [-0.39, 0.29) is 6.61 Å². The fourth-order valence-corrected chi connectivity index (χ4v) is 1.91. The zero-order chi connectivity index (χ0) is 11.5. The molecule has 1 aliphatic rings. The van der Waals surface area contributed by atoms with Crippen LogP contribution in [0.3, 0.4) is 0 Å². The average molecular weight is 226 g/mol. The number of rotatable bonds is 3. The highest BCUT2D eigenvalue weighted by Crippen LogP contribution is 2.16. The number of hydrogen-bond acceptors (Lipinski definition) is 3. The fraction of sp³-hybridized carbons (Fsp3) is 1.00. The van der Waals surface area contributed by atoms with Crippen molar-refractivity contribution in [1.82, 2.24) is 10.2 Å². The summed E-state index contributed by atoms with van der Waals surface area (Å²) in [5, 5.41) is 3.31. The number of ether oxygens (including phenoxy) is 1. The third-order valence-corrected chi connectivity index (χ3v) is 2.31. The predicted molar refractivity (Wildman–Crippen MR) is 50.5 cm³/mol. The van der Waals surface area contributed by atoms with E-state index in [2.05, 4.69) is 10.1 Å². The lowest BCUT2D eigenvalue weighted by Gasteiger charge is -2.36. The van der Waals surface area contributed by atoms with Crippen LogP contribution in [-0.2, 0) is 4.74 Å². The molecule has 0 radical (unpaired) electrons. The van der Waals surface area contributed by atoms with Gasteiger partial charge in [0.2, 0.25) is 0 Å². The molecule has 0 amide bonds. The highest BCUT2D eigenvalue weighted by molar-refractivity contribution is 4.80. The van der Waals surface area contributed by atoms with Crippen molar-refractivity contribution < 1.29 is 17.9 Å². The summed E-state index contributed by atoms with van der Waals surface area (Å²) in [7, 11) is 0. The van der Waals surface area contributed by atoms with Crippen molar-refractivity contribution in [1.29, 1.82) is 0 Å². The van der Waals surface area contributed by atoms with Gasteiger partial charge in [-0.3, -0.25) is 9.64 Å². The third-order valence-electron chi connectivity index (χ3n) is 2.31. The quantitative estimate of drug-likeness (QED) is 0.782. The Bertz CT molecular complexity index is 188. The second-order valence-corrected chi connectivity index (χ2v) is 4.02. The lowest BCUT2D eigenvalue weighted by atomic mass is 10.1. The van der Waals surface area contributed by atoms with Crippen molar-refractivity contribution in [3.05, 3.63) is 0 Å². The van der Waals surface area contributed by atoms with E-state index in [0.717, 1.165) is 13.1 Å². The van der Waals surface area contributed by atoms with Gasteiger partial charge >= 0.3 is 6.36 Å². The molecule has 0 aromatic rings. The minimum absolute atomic E-state index is 0.289. The lowest BCUT2D eigenvalue weighted by molar-refractivity contribution is -0.325. The first kappa shape index (κ1) is 12.7. The van der Waals surface area contributed by atoms with Gasteiger partial charge in [-0.25, -0.2) is 0 Å². The van der Waals surface area contributed by atoms with Crippen LogP contribution in [0.5, 0.6) is 0 Å². The molecular formula is C9H17F3N2O. The van der Waals surface area contributed by atoms with Crippen molar-refractivity contribution >= 4 is 0 Å². The number of alkyl halides is 3. The summed E-state index contributed by atoms with van der Waals surface area (Å²) in [6.07, 6.45) is -4.51. The Kier molecular flexibility index (Phi) is 4.36. The predicted octanol–water partition coefficient (Wildman–Crippen LogP) is 1.21. The van der Waals surface area contributed by atoms with Crippen LogP contribution >= 0.6 is 0 Å². The van der Waals surface area contributed by atoms with Gasteiger partial charge in [0.15, 0.2) is 0 Å². The summed E-state index contributed by atoms with van der Waals surface area (Å²) in [6.45, 7) is 5.62. The molecule has 3 nitrogen and oxygen atoms in total. The Balaban J connectivity index is 2.21. The van der Waals surface area contributed by atoms with Gasteiger partial charge in [0.05, 0.1) is 6.61 Å². The fourth-order valence-electron chi connectivity index (χ4n) is 1.91. The minimum atomic E-state index is -4.51. The summed E-state index contributed by atoms with van der Waals surface area (Å²) in [5.41, 5.74) is 0. The monoisotopic (exact) mass is 226 g/mol. The summed E-state index contributed by atoms with van der Waals surface area (Å²) >= 11 is 0. The van der Waals surface area contributed by atoms with Crippen LogP contribution in [0.2, 0.25) is 0 Å². The Morgan fingerprint density at radius 1 is 1.27 bits per heavy atom. The number of piperazine rings is 1. The Hall–Kier alpha value is -0.330. The molecule has 0 saturated carbocycles. The second-order valence-electron chi connectivity index (χ2n) is 4.02. The SMILES string of the molecule is CC1CN(CCOC(F)(F)F)CC(C)N1. The number of nitrogens with zero attached hydrogens (tertiary/aromatic N) is 1. The second kappa shape index (κ2) is 5.14. The molecule has 1 fully saturated rings. The maximum atomic E-state index is 11.7. The molecule has 2 unspecified atom stereocenters. The minimum Gasteiger partial charge on any atom is -0.309 e. The number of nitrogens with one attached hydrogen (secondary N) is 1. The topological polar surface area (TPSA) is 24.5 Å². The van der Waals surface area contributed by atoms with Crippen LogP contribution in [0.25, 0.3) is 0 Å². The van der Waals surface area contributed by atoms with Gasteiger partial charge in [-0.1, -0.05) is 0 Å². The molecule has 0 aromatic heterocycles. The molecule has 0 bridgehead atoms. The number of halogens is 3. The van der Waals surface area contributed by atoms with Crippen molar-refractivity contribution in [3.63, 3.8) is 0 Å². The van der Waals surface area contributed by atoms with Gasteiger partial charge in [-0.05, 0) is 13.8 Å². The molecule has 0 spiro atoms. The van der Waals surface area contributed by atoms with Crippen LogP contribution in [0.1, 0.15) is 13.8 Å². The summed E-state index contributed by atoms with van der Waals surface area (Å²) in [4.78, 5) is 1.98. The maximum absolute atomic E-state index is 11.7. The van der Waals surface area contributed by atoms with Crippen molar-refractivity contribution in [2.24, 2.45) is 0 Å². The van der Waals surface area contributed by atoms with Crippen LogP contribution in [0.15, 0.2) is 0 Å². The molecule has 0 aromatic carbocycles. The molecular weight excluding hydrogens is 209 g/mol. The van der Waals surface area contributed by atoms with Crippen LogP contribution in [0.4, 0.5) is 13.2 Å². The van der Waals surface area contributed by atoms with Gasteiger partial charge < -0.3 is 5.32 Å². The lowest BCUT2D eigenvalue weighted by Crippen LogP contribution is -2.54. The largest absolute Gasteiger partial charge is 0.522 e. The zero-order valence-corrected chi connectivity index (χ0v) is 8.97. The van der Waals surface area contributed by atoms with Crippen molar-refractivity contribution in [3.8, 4) is 0 Å². The molecule has 1 rings (SSSR count). The molecule has 1 aliphatic heterocycles.